The summed E-state index contributed by atoms with van der Waals surface area (Å²) in [6, 6.07) is 8.60. The lowest BCUT2D eigenvalue weighted by Crippen LogP contribution is -2.52. The first kappa shape index (κ1) is 30.2. The van der Waals surface area contributed by atoms with Crippen molar-refractivity contribution in [1.29, 1.82) is 0 Å². The molecule has 0 bridgehead atoms. The summed E-state index contributed by atoms with van der Waals surface area (Å²) >= 11 is 12.6. The van der Waals surface area contributed by atoms with Crippen molar-refractivity contribution in [3.8, 4) is 0 Å². The zero-order chi connectivity index (χ0) is 28.3. The highest BCUT2D eigenvalue weighted by Crippen LogP contribution is 2.37. The Kier molecular flexibility index (Phi) is 9.94. The van der Waals surface area contributed by atoms with Gasteiger partial charge in [0.2, 0.25) is 0 Å². The third-order valence-corrected chi connectivity index (χ3v) is 8.41. The van der Waals surface area contributed by atoms with Gasteiger partial charge in [0.1, 0.15) is 11.6 Å². The fraction of sp³-hybridized carbons (Fsp3) is 0.536. The molecular formula is C28H33Cl2F4N3O2. The summed E-state index contributed by atoms with van der Waals surface area (Å²) in [6.07, 6.45) is -3.57. The first-order chi connectivity index (χ1) is 18.4. The van der Waals surface area contributed by atoms with Gasteiger partial charge in [0.15, 0.2) is 0 Å². The second kappa shape index (κ2) is 12.8. The number of benzene rings is 2. The van der Waals surface area contributed by atoms with Gasteiger partial charge < -0.3 is 9.53 Å². The second-order valence-electron chi connectivity index (χ2n) is 10.4. The second-order valence-corrected chi connectivity index (χ2v) is 11.2. The molecule has 0 aliphatic carbocycles. The number of alkyl halides is 3. The molecule has 2 aliphatic rings. The van der Waals surface area contributed by atoms with Crippen LogP contribution < -0.4 is 0 Å². The molecule has 1 unspecified atom stereocenters. The minimum Gasteiger partial charge on any atom is -0.379 e. The number of rotatable bonds is 9. The number of Topliss-reactive ketones (excluding diaryl/α,β-unsaturated/α-hetero) is 1. The van der Waals surface area contributed by atoms with Gasteiger partial charge in [-0.1, -0.05) is 35.3 Å². The number of likely N-dealkylation sites (N-methyl/N-ethyl adjacent to an activating group) is 1. The third-order valence-electron chi connectivity index (χ3n) is 7.67. The van der Waals surface area contributed by atoms with Gasteiger partial charge in [-0.3, -0.25) is 14.7 Å². The van der Waals surface area contributed by atoms with Crippen LogP contribution in [-0.2, 0) is 22.3 Å². The molecule has 2 fully saturated rings. The van der Waals surface area contributed by atoms with Crippen molar-refractivity contribution in [3.63, 3.8) is 0 Å². The number of halogens is 6. The van der Waals surface area contributed by atoms with Crippen LogP contribution in [0.5, 0.6) is 0 Å². The van der Waals surface area contributed by atoms with Gasteiger partial charge in [-0.2, -0.15) is 13.2 Å². The molecule has 4 rings (SSSR count). The van der Waals surface area contributed by atoms with Crippen LogP contribution >= 0.6 is 23.2 Å². The predicted molar refractivity (Wildman–Crippen MR) is 144 cm³/mol. The van der Waals surface area contributed by atoms with E-state index in [1.807, 2.05) is 19.2 Å². The highest BCUT2D eigenvalue weighted by atomic mass is 35.5. The largest absolute Gasteiger partial charge is 0.419 e. The highest BCUT2D eigenvalue weighted by molar-refractivity contribution is 6.42. The third kappa shape index (κ3) is 7.51. The Morgan fingerprint density at radius 3 is 2.41 bits per heavy atom. The molecule has 0 spiro atoms. The molecule has 2 aromatic rings. The quantitative estimate of drug-likeness (QED) is 0.331. The monoisotopic (exact) mass is 589 g/mol. The van der Waals surface area contributed by atoms with Gasteiger partial charge in [-0.15, -0.1) is 0 Å². The number of hydrogen-bond acceptors (Lipinski definition) is 5. The molecule has 0 aromatic heterocycles. The lowest BCUT2D eigenvalue weighted by Gasteiger charge is -2.40. The zero-order valence-corrected chi connectivity index (χ0v) is 23.5. The maximum atomic E-state index is 14.3. The molecule has 2 saturated heterocycles. The molecule has 3 atom stereocenters. The fourth-order valence-electron chi connectivity index (χ4n) is 5.67. The molecule has 2 aromatic carbocycles. The molecule has 11 heteroatoms. The van der Waals surface area contributed by atoms with Crippen LogP contribution in [0.2, 0.25) is 10.0 Å². The number of morpholine rings is 1. The minimum atomic E-state index is -4.74. The average molecular weight is 590 g/mol. The SMILES string of the molecule is CC(=O)CCC(N1CCOCC1)N1C[C@H](c2ccc(Cl)c(Cl)c2)[C@H](N(C)Cc2ccc(C(F)(F)F)c(F)c2)C1. The highest BCUT2D eigenvalue weighted by Gasteiger charge is 2.41. The summed E-state index contributed by atoms with van der Waals surface area (Å²) in [5.41, 5.74) is 0.179. The Labute approximate surface area is 236 Å². The number of ether oxygens (including phenoxy) is 1. The molecule has 214 valence electrons. The molecule has 0 saturated carbocycles. The molecule has 0 radical (unpaired) electrons. The van der Waals surface area contributed by atoms with Crippen LogP contribution in [-0.4, -0.2) is 79.1 Å². The number of carbonyl (C=O) groups excluding carboxylic acids is 1. The fourth-order valence-corrected chi connectivity index (χ4v) is 5.98. The standard InChI is InChI=1S/C28H33Cl2F4N3O2/c1-18(38)3-8-27(36-9-11-39-12-10-36)37-16-21(20-5-7-23(29)24(30)14-20)26(17-37)35(2)15-19-4-6-22(25(31)13-19)28(32,33)34/h4-7,13-14,21,26-27H,3,8-12,15-17H2,1-2H3/t21-,26-,27?/m1/s1. The van der Waals surface area contributed by atoms with E-state index in [0.29, 0.717) is 54.8 Å². The molecule has 0 N–H and O–H groups in total. The summed E-state index contributed by atoms with van der Waals surface area (Å²) in [5, 5.41) is 0.896. The van der Waals surface area contributed by atoms with Gasteiger partial charge in [-0.25, -0.2) is 4.39 Å². The topological polar surface area (TPSA) is 36.0 Å². The first-order valence-electron chi connectivity index (χ1n) is 13.0. The van der Waals surface area contributed by atoms with Crippen molar-refractivity contribution >= 4 is 29.0 Å². The molecular weight excluding hydrogens is 557 g/mol. The lowest BCUT2D eigenvalue weighted by molar-refractivity contribution is -0.140. The summed E-state index contributed by atoms with van der Waals surface area (Å²) in [4.78, 5) is 18.7. The van der Waals surface area contributed by atoms with E-state index in [-0.39, 0.29) is 30.5 Å². The number of carbonyl (C=O) groups is 1. The zero-order valence-electron chi connectivity index (χ0n) is 22.0. The predicted octanol–water partition coefficient (Wildman–Crippen LogP) is 6.08. The summed E-state index contributed by atoms with van der Waals surface area (Å²) < 4.78 is 59.1. The van der Waals surface area contributed by atoms with Gasteiger partial charge >= 0.3 is 6.18 Å². The molecule has 0 amide bonds. The van der Waals surface area contributed by atoms with Gasteiger partial charge in [0.05, 0.1) is 35.0 Å². The smallest absolute Gasteiger partial charge is 0.379 e. The Bertz CT molecular complexity index is 1160. The van der Waals surface area contributed by atoms with Crippen LogP contribution in [0.1, 0.15) is 42.4 Å². The van der Waals surface area contributed by atoms with E-state index >= 15 is 0 Å². The van der Waals surface area contributed by atoms with Crippen molar-refractivity contribution in [2.75, 3.05) is 46.4 Å². The van der Waals surface area contributed by atoms with Crippen LogP contribution in [0.15, 0.2) is 36.4 Å². The van der Waals surface area contributed by atoms with E-state index in [0.717, 1.165) is 30.8 Å². The van der Waals surface area contributed by atoms with Gasteiger partial charge in [0, 0.05) is 51.1 Å². The summed E-state index contributed by atoms with van der Waals surface area (Å²) in [5.74, 6) is -1.14. The number of likely N-dealkylation sites (tertiary alicyclic amines) is 1. The Morgan fingerprint density at radius 2 is 1.79 bits per heavy atom. The molecule has 39 heavy (non-hydrogen) atoms. The average Bonchev–Trinajstić information content (AvgIpc) is 3.31. The first-order valence-corrected chi connectivity index (χ1v) is 13.8. The number of hydrogen-bond donors (Lipinski definition) is 0. The van der Waals surface area contributed by atoms with Crippen LogP contribution in [0.4, 0.5) is 17.6 Å². The van der Waals surface area contributed by atoms with Crippen LogP contribution in [0.3, 0.4) is 0 Å². The van der Waals surface area contributed by atoms with E-state index in [1.165, 1.54) is 6.07 Å². The molecule has 2 heterocycles. The van der Waals surface area contributed by atoms with E-state index in [9.17, 15) is 22.4 Å². The van der Waals surface area contributed by atoms with Crippen molar-refractivity contribution in [1.82, 2.24) is 14.7 Å². The molecule has 5 nitrogen and oxygen atoms in total. The maximum Gasteiger partial charge on any atom is 0.419 e. The van der Waals surface area contributed by atoms with Crippen molar-refractivity contribution in [3.05, 3.63) is 69.0 Å². The van der Waals surface area contributed by atoms with E-state index < -0.39 is 17.6 Å². The Balaban J connectivity index is 1.61. The Hall–Kier alpha value is -1.75. The van der Waals surface area contributed by atoms with E-state index in [1.54, 1.807) is 13.0 Å². The van der Waals surface area contributed by atoms with Crippen molar-refractivity contribution in [2.24, 2.45) is 0 Å². The lowest BCUT2D eigenvalue weighted by atomic mass is 9.93. The van der Waals surface area contributed by atoms with E-state index in [4.69, 9.17) is 27.9 Å². The Morgan fingerprint density at radius 1 is 1.08 bits per heavy atom. The van der Waals surface area contributed by atoms with Gasteiger partial charge in [-0.05, 0) is 55.8 Å². The van der Waals surface area contributed by atoms with Crippen LogP contribution in [0.25, 0.3) is 0 Å². The van der Waals surface area contributed by atoms with Crippen molar-refractivity contribution in [2.45, 2.75) is 50.6 Å². The number of ketones is 1. The van der Waals surface area contributed by atoms with Crippen LogP contribution in [0, 0.1) is 5.82 Å². The maximum absolute atomic E-state index is 14.3. The molecule has 2 aliphatic heterocycles. The normalized spacial score (nSPS) is 22.0. The summed E-state index contributed by atoms with van der Waals surface area (Å²) in [7, 11) is 1.90. The number of nitrogens with zero attached hydrogens (tertiary/aromatic N) is 3. The van der Waals surface area contributed by atoms with Gasteiger partial charge in [0.25, 0.3) is 0 Å². The minimum absolute atomic E-state index is 0.00457. The van der Waals surface area contributed by atoms with E-state index in [2.05, 4.69) is 14.7 Å². The van der Waals surface area contributed by atoms with Crippen molar-refractivity contribution < 1.29 is 27.1 Å². The summed E-state index contributed by atoms with van der Waals surface area (Å²) in [6.45, 7) is 6.00.